The molecule has 1 aliphatic heterocycles. The molecule has 1 saturated heterocycles. The standard InChI is InChI=1S/C14H19Cl2NO2/c1-2-18-9-14(10-5-6-17-8-10)19-13-4-3-11(15)7-12(13)16/h3-4,7,10,14,17H,2,5-6,8-9H2,1H3/t10-,14+/m0/s1. The van der Waals surface area contributed by atoms with Crippen LogP contribution in [-0.4, -0.2) is 32.4 Å². The summed E-state index contributed by atoms with van der Waals surface area (Å²) in [6.07, 6.45) is 1.12. The summed E-state index contributed by atoms with van der Waals surface area (Å²) in [5.74, 6) is 1.13. The molecule has 1 aliphatic rings. The van der Waals surface area contributed by atoms with E-state index in [2.05, 4.69) is 5.32 Å². The second kappa shape index (κ2) is 7.34. The molecule has 1 aromatic carbocycles. The van der Waals surface area contributed by atoms with Crippen LogP contribution in [0.4, 0.5) is 0 Å². The summed E-state index contributed by atoms with van der Waals surface area (Å²) in [6, 6.07) is 5.29. The number of hydrogen-bond acceptors (Lipinski definition) is 3. The Bertz CT molecular complexity index is 408. The summed E-state index contributed by atoms with van der Waals surface area (Å²) in [6.45, 7) is 5.25. The normalized spacial score (nSPS) is 20.5. The van der Waals surface area contributed by atoms with E-state index in [0.717, 1.165) is 19.5 Å². The minimum absolute atomic E-state index is 0.0219. The third kappa shape index (κ3) is 4.25. The predicted molar refractivity (Wildman–Crippen MR) is 78.3 cm³/mol. The zero-order valence-corrected chi connectivity index (χ0v) is 12.5. The molecule has 2 rings (SSSR count). The summed E-state index contributed by atoms with van der Waals surface area (Å²) in [5.41, 5.74) is 0. The largest absolute Gasteiger partial charge is 0.486 e. The third-order valence-electron chi connectivity index (χ3n) is 3.28. The maximum Gasteiger partial charge on any atom is 0.138 e. The Morgan fingerprint density at radius 3 is 2.89 bits per heavy atom. The molecule has 5 heteroatoms. The van der Waals surface area contributed by atoms with Crippen LogP contribution in [0.3, 0.4) is 0 Å². The molecule has 0 amide bonds. The molecule has 0 aliphatic carbocycles. The van der Waals surface area contributed by atoms with Gasteiger partial charge in [-0.1, -0.05) is 23.2 Å². The van der Waals surface area contributed by atoms with Crippen LogP contribution in [0, 0.1) is 5.92 Å². The van der Waals surface area contributed by atoms with Crippen molar-refractivity contribution in [2.75, 3.05) is 26.3 Å². The Morgan fingerprint density at radius 1 is 1.42 bits per heavy atom. The average Bonchev–Trinajstić information content (AvgIpc) is 2.90. The smallest absolute Gasteiger partial charge is 0.138 e. The van der Waals surface area contributed by atoms with Crippen LogP contribution in [0.2, 0.25) is 10.0 Å². The van der Waals surface area contributed by atoms with Crippen LogP contribution in [0.15, 0.2) is 18.2 Å². The topological polar surface area (TPSA) is 30.5 Å². The molecule has 0 spiro atoms. The molecule has 3 nitrogen and oxygen atoms in total. The number of ether oxygens (including phenoxy) is 2. The van der Waals surface area contributed by atoms with E-state index in [1.165, 1.54) is 0 Å². The highest BCUT2D eigenvalue weighted by molar-refractivity contribution is 6.35. The van der Waals surface area contributed by atoms with E-state index < -0.39 is 0 Å². The SMILES string of the molecule is CCOC[C@@H](Oc1ccc(Cl)cc1Cl)[C@H]1CCNC1. The van der Waals surface area contributed by atoms with Gasteiger partial charge >= 0.3 is 0 Å². The van der Waals surface area contributed by atoms with Crippen molar-refractivity contribution in [1.29, 1.82) is 0 Å². The highest BCUT2D eigenvalue weighted by Gasteiger charge is 2.27. The second-order valence-electron chi connectivity index (χ2n) is 4.64. The maximum atomic E-state index is 6.15. The molecular formula is C14H19Cl2NO2. The Labute approximate surface area is 124 Å². The van der Waals surface area contributed by atoms with Crippen molar-refractivity contribution >= 4 is 23.2 Å². The predicted octanol–water partition coefficient (Wildman–Crippen LogP) is 3.39. The molecule has 0 saturated carbocycles. The van der Waals surface area contributed by atoms with Gasteiger partial charge in [-0.2, -0.15) is 0 Å². The van der Waals surface area contributed by atoms with E-state index >= 15 is 0 Å². The number of hydrogen-bond donors (Lipinski definition) is 1. The summed E-state index contributed by atoms with van der Waals surface area (Å²) >= 11 is 12.0. The zero-order chi connectivity index (χ0) is 13.7. The first-order valence-corrected chi connectivity index (χ1v) is 7.36. The maximum absolute atomic E-state index is 6.15. The van der Waals surface area contributed by atoms with Crippen molar-refractivity contribution in [1.82, 2.24) is 5.32 Å². The molecule has 0 unspecified atom stereocenters. The van der Waals surface area contributed by atoms with E-state index in [4.69, 9.17) is 32.7 Å². The fraction of sp³-hybridized carbons (Fsp3) is 0.571. The van der Waals surface area contributed by atoms with Crippen molar-refractivity contribution in [2.24, 2.45) is 5.92 Å². The Morgan fingerprint density at radius 2 is 2.26 bits per heavy atom. The van der Waals surface area contributed by atoms with E-state index in [9.17, 15) is 0 Å². The quantitative estimate of drug-likeness (QED) is 0.874. The Balaban J connectivity index is 2.05. The lowest BCUT2D eigenvalue weighted by atomic mass is 10.0. The van der Waals surface area contributed by atoms with Crippen molar-refractivity contribution in [2.45, 2.75) is 19.4 Å². The van der Waals surface area contributed by atoms with Gasteiger partial charge in [0.2, 0.25) is 0 Å². The fourth-order valence-corrected chi connectivity index (χ4v) is 2.68. The van der Waals surface area contributed by atoms with Gasteiger partial charge in [-0.15, -0.1) is 0 Å². The summed E-state index contributed by atoms with van der Waals surface area (Å²) in [5, 5.41) is 4.50. The summed E-state index contributed by atoms with van der Waals surface area (Å²) in [7, 11) is 0. The lowest BCUT2D eigenvalue weighted by Gasteiger charge is -2.24. The van der Waals surface area contributed by atoms with Gasteiger partial charge in [0.05, 0.1) is 11.6 Å². The molecule has 0 bridgehead atoms. The highest BCUT2D eigenvalue weighted by atomic mass is 35.5. The first kappa shape index (κ1) is 14.9. The lowest BCUT2D eigenvalue weighted by molar-refractivity contribution is 0.0292. The molecule has 0 aromatic heterocycles. The molecule has 2 atom stereocenters. The first-order valence-electron chi connectivity index (χ1n) is 6.61. The molecular weight excluding hydrogens is 285 g/mol. The van der Waals surface area contributed by atoms with Gasteiger partial charge in [-0.25, -0.2) is 0 Å². The molecule has 106 valence electrons. The first-order chi connectivity index (χ1) is 9.20. The van der Waals surface area contributed by atoms with Gasteiger partial charge in [0.15, 0.2) is 0 Å². The van der Waals surface area contributed by atoms with Crippen molar-refractivity contribution in [3.05, 3.63) is 28.2 Å². The van der Waals surface area contributed by atoms with Gasteiger partial charge in [0, 0.05) is 24.1 Å². The number of benzene rings is 1. The second-order valence-corrected chi connectivity index (χ2v) is 5.49. The van der Waals surface area contributed by atoms with Crippen LogP contribution >= 0.6 is 23.2 Å². The molecule has 19 heavy (non-hydrogen) atoms. The Hall–Kier alpha value is -0.480. The number of halogens is 2. The summed E-state index contributed by atoms with van der Waals surface area (Å²) in [4.78, 5) is 0. The highest BCUT2D eigenvalue weighted by Crippen LogP contribution is 2.30. The van der Waals surface area contributed by atoms with Crippen LogP contribution in [0.25, 0.3) is 0 Å². The molecule has 0 radical (unpaired) electrons. The summed E-state index contributed by atoms with van der Waals surface area (Å²) < 4.78 is 11.6. The van der Waals surface area contributed by atoms with E-state index in [-0.39, 0.29) is 6.10 Å². The van der Waals surface area contributed by atoms with Gasteiger partial charge in [-0.3, -0.25) is 0 Å². The molecule has 1 N–H and O–H groups in total. The third-order valence-corrected chi connectivity index (χ3v) is 3.81. The van der Waals surface area contributed by atoms with Crippen molar-refractivity contribution in [3.63, 3.8) is 0 Å². The van der Waals surface area contributed by atoms with E-state index in [0.29, 0.717) is 34.9 Å². The van der Waals surface area contributed by atoms with Gasteiger partial charge in [0.25, 0.3) is 0 Å². The number of nitrogens with one attached hydrogen (secondary N) is 1. The van der Waals surface area contributed by atoms with Crippen molar-refractivity contribution < 1.29 is 9.47 Å². The number of rotatable bonds is 6. The molecule has 1 aromatic rings. The van der Waals surface area contributed by atoms with Crippen LogP contribution in [-0.2, 0) is 4.74 Å². The minimum atomic E-state index is 0.0219. The molecule has 1 fully saturated rings. The van der Waals surface area contributed by atoms with E-state index in [1.807, 2.05) is 13.0 Å². The van der Waals surface area contributed by atoms with Crippen molar-refractivity contribution in [3.8, 4) is 5.75 Å². The fourth-order valence-electron chi connectivity index (χ4n) is 2.23. The lowest BCUT2D eigenvalue weighted by Crippen LogP contribution is -2.33. The average molecular weight is 304 g/mol. The Kier molecular flexibility index (Phi) is 5.76. The van der Waals surface area contributed by atoms with E-state index in [1.54, 1.807) is 12.1 Å². The van der Waals surface area contributed by atoms with Crippen LogP contribution < -0.4 is 10.1 Å². The van der Waals surface area contributed by atoms with Gasteiger partial charge in [-0.05, 0) is 38.1 Å². The monoisotopic (exact) mass is 303 g/mol. The van der Waals surface area contributed by atoms with Crippen LogP contribution in [0.1, 0.15) is 13.3 Å². The van der Waals surface area contributed by atoms with Gasteiger partial charge in [0.1, 0.15) is 11.9 Å². The molecule has 1 heterocycles. The van der Waals surface area contributed by atoms with Crippen LogP contribution in [0.5, 0.6) is 5.75 Å². The van der Waals surface area contributed by atoms with Gasteiger partial charge < -0.3 is 14.8 Å². The zero-order valence-electron chi connectivity index (χ0n) is 11.0. The minimum Gasteiger partial charge on any atom is -0.486 e.